The van der Waals surface area contributed by atoms with Gasteiger partial charge in [-0.1, -0.05) is 0 Å². The molecule has 1 aromatic carbocycles. The summed E-state index contributed by atoms with van der Waals surface area (Å²) in [6, 6.07) is 5.13. The van der Waals surface area contributed by atoms with Crippen molar-refractivity contribution in [2.75, 3.05) is 7.11 Å². The lowest BCUT2D eigenvalue weighted by Gasteiger charge is -2.04. The molecule has 1 heterocycles. The first-order valence-corrected chi connectivity index (χ1v) is 4.17. The van der Waals surface area contributed by atoms with Crippen LogP contribution in [0.1, 0.15) is 0 Å². The van der Waals surface area contributed by atoms with Gasteiger partial charge in [-0.15, -0.1) is 0 Å². The highest BCUT2D eigenvalue weighted by Crippen LogP contribution is 2.30. The number of benzene rings is 1. The second-order valence-electron chi connectivity index (χ2n) is 2.85. The highest BCUT2D eigenvalue weighted by atomic mass is 16.5. The first kappa shape index (κ1) is 8.62. The minimum atomic E-state index is 0.175. The number of aromatic hydroxyl groups is 1. The Bertz CT molecular complexity index is 424. The minimum absolute atomic E-state index is 0.175. The Labute approximate surface area is 81.2 Å². The molecule has 0 amide bonds. The second kappa shape index (κ2) is 3.41. The Hall–Kier alpha value is -1.97. The first-order valence-electron chi connectivity index (χ1n) is 4.17. The summed E-state index contributed by atoms with van der Waals surface area (Å²) in [5.41, 5.74) is 1.49. The summed E-state index contributed by atoms with van der Waals surface area (Å²) in [4.78, 5) is 6.80. The van der Waals surface area contributed by atoms with E-state index >= 15 is 0 Å². The van der Waals surface area contributed by atoms with Gasteiger partial charge in [-0.05, 0) is 12.1 Å². The smallest absolute Gasteiger partial charge is 0.128 e. The molecule has 4 nitrogen and oxygen atoms in total. The van der Waals surface area contributed by atoms with Gasteiger partial charge >= 0.3 is 0 Å². The van der Waals surface area contributed by atoms with Gasteiger partial charge in [0, 0.05) is 11.6 Å². The van der Waals surface area contributed by atoms with Gasteiger partial charge in [-0.25, -0.2) is 4.98 Å². The number of hydrogen-bond donors (Lipinski definition) is 2. The van der Waals surface area contributed by atoms with Crippen LogP contribution in [0, 0.1) is 0 Å². The van der Waals surface area contributed by atoms with Gasteiger partial charge in [0.25, 0.3) is 0 Å². The molecule has 1 aromatic heterocycles. The van der Waals surface area contributed by atoms with Gasteiger partial charge in [0.05, 0.1) is 25.3 Å². The number of hydrogen-bond acceptors (Lipinski definition) is 3. The van der Waals surface area contributed by atoms with Gasteiger partial charge in [0.15, 0.2) is 0 Å². The lowest BCUT2D eigenvalue weighted by atomic mass is 10.1. The third kappa shape index (κ3) is 1.42. The molecule has 0 aliphatic carbocycles. The van der Waals surface area contributed by atoms with Crippen LogP contribution >= 0.6 is 0 Å². The maximum Gasteiger partial charge on any atom is 0.128 e. The number of aromatic amines is 1. The predicted molar refractivity (Wildman–Crippen MR) is 52.2 cm³/mol. The molecule has 14 heavy (non-hydrogen) atoms. The summed E-state index contributed by atoms with van der Waals surface area (Å²) >= 11 is 0. The molecule has 0 aliphatic rings. The zero-order valence-electron chi connectivity index (χ0n) is 7.69. The number of ether oxygens (including phenoxy) is 1. The first-order chi connectivity index (χ1) is 6.81. The van der Waals surface area contributed by atoms with Crippen molar-refractivity contribution < 1.29 is 9.84 Å². The quantitative estimate of drug-likeness (QED) is 0.759. The van der Waals surface area contributed by atoms with Crippen molar-refractivity contribution in [2.45, 2.75) is 0 Å². The molecule has 0 aliphatic heterocycles. The molecule has 2 rings (SSSR count). The number of aromatic nitrogens is 2. The van der Waals surface area contributed by atoms with Crippen molar-refractivity contribution in [1.29, 1.82) is 0 Å². The summed E-state index contributed by atoms with van der Waals surface area (Å²) in [6.45, 7) is 0. The molecule has 4 heteroatoms. The Morgan fingerprint density at radius 3 is 2.86 bits per heavy atom. The molecule has 0 spiro atoms. The van der Waals surface area contributed by atoms with Gasteiger partial charge in [-0.3, -0.25) is 0 Å². The molecule has 2 N–H and O–H groups in total. The van der Waals surface area contributed by atoms with Crippen molar-refractivity contribution in [3.8, 4) is 22.8 Å². The maximum atomic E-state index is 9.67. The third-order valence-corrected chi connectivity index (χ3v) is 1.99. The summed E-state index contributed by atoms with van der Waals surface area (Å²) in [7, 11) is 1.56. The van der Waals surface area contributed by atoms with Crippen LogP contribution < -0.4 is 4.74 Å². The largest absolute Gasteiger partial charge is 0.507 e. The van der Waals surface area contributed by atoms with Crippen LogP contribution in [0.25, 0.3) is 11.3 Å². The predicted octanol–water partition coefficient (Wildman–Crippen LogP) is 1.79. The fourth-order valence-corrected chi connectivity index (χ4v) is 1.27. The summed E-state index contributed by atoms with van der Waals surface area (Å²) < 4.78 is 4.98. The zero-order chi connectivity index (χ0) is 9.97. The van der Waals surface area contributed by atoms with Gasteiger partial charge < -0.3 is 14.8 Å². The number of rotatable bonds is 2. The molecule has 0 radical (unpaired) electrons. The van der Waals surface area contributed by atoms with E-state index in [9.17, 15) is 5.11 Å². The van der Waals surface area contributed by atoms with Crippen LogP contribution in [-0.4, -0.2) is 22.2 Å². The van der Waals surface area contributed by atoms with Crippen LogP contribution in [-0.2, 0) is 0 Å². The van der Waals surface area contributed by atoms with Crippen LogP contribution in [0.5, 0.6) is 11.5 Å². The van der Waals surface area contributed by atoms with Gasteiger partial charge in [0.2, 0.25) is 0 Å². The van der Waals surface area contributed by atoms with E-state index in [1.807, 2.05) is 0 Å². The van der Waals surface area contributed by atoms with Crippen molar-refractivity contribution >= 4 is 0 Å². The molecule has 0 saturated heterocycles. The normalized spacial score (nSPS) is 10.1. The molecule has 2 aromatic rings. The Balaban J connectivity index is 2.46. The van der Waals surface area contributed by atoms with Crippen molar-refractivity contribution in [2.24, 2.45) is 0 Å². The fourth-order valence-electron chi connectivity index (χ4n) is 1.27. The summed E-state index contributed by atoms with van der Waals surface area (Å²) in [5.74, 6) is 0.805. The van der Waals surface area contributed by atoms with Crippen LogP contribution in [0.3, 0.4) is 0 Å². The highest BCUT2D eigenvalue weighted by molar-refractivity contribution is 5.67. The molecular formula is C10H10N2O2. The topological polar surface area (TPSA) is 58.1 Å². The van der Waals surface area contributed by atoms with Gasteiger partial charge in [0.1, 0.15) is 11.5 Å². The standard InChI is InChI=1S/C10H10N2O2/c1-14-7-2-3-8(10(13)4-7)9-5-11-6-12-9/h2-6,13H,1H3,(H,11,12). The van der Waals surface area contributed by atoms with Crippen LogP contribution in [0.2, 0.25) is 0 Å². The number of nitrogens with one attached hydrogen (secondary N) is 1. The number of imidazole rings is 1. The zero-order valence-corrected chi connectivity index (χ0v) is 7.69. The lowest BCUT2D eigenvalue weighted by molar-refractivity contribution is 0.408. The van der Waals surface area contributed by atoms with E-state index in [-0.39, 0.29) is 5.75 Å². The Morgan fingerprint density at radius 1 is 1.43 bits per heavy atom. The third-order valence-electron chi connectivity index (χ3n) is 1.99. The van der Waals surface area contributed by atoms with E-state index in [1.54, 1.807) is 37.8 Å². The van der Waals surface area contributed by atoms with E-state index < -0.39 is 0 Å². The molecule has 0 unspecified atom stereocenters. The van der Waals surface area contributed by atoms with E-state index in [2.05, 4.69) is 9.97 Å². The van der Waals surface area contributed by atoms with Gasteiger partial charge in [-0.2, -0.15) is 0 Å². The monoisotopic (exact) mass is 190 g/mol. The maximum absolute atomic E-state index is 9.67. The summed E-state index contributed by atoms with van der Waals surface area (Å²) in [5, 5.41) is 9.67. The SMILES string of the molecule is COc1ccc(-c2cnc[nH]2)c(O)c1. The Morgan fingerprint density at radius 2 is 2.29 bits per heavy atom. The van der Waals surface area contributed by atoms with E-state index in [4.69, 9.17) is 4.74 Å². The summed E-state index contributed by atoms with van der Waals surface area (Å²) in [6.07, 6.45) is 3.22. The number of phenols is 1. The van der Waals surface area contributed by atoms with Crippen molar-refractivity contribution in [3.63, 3.8) is 0 Å². The molecule has 0 atom stereocenters. The van der Waals surface area contributed by atoms with Crippen LogP contribution in [0.15, 0.2) is 30.7 Å². The Kier molecular flexibility index (Phi) is 2.10. The molecule has 72 valence electrons. The molecule has 0 bridgehead atoms. The highest BCUT2D eigenvalue weighted by Gasteiger charge is 2.05. The fraction of sp³-hybridized carbons (Fsp3) is 0.100. The number of methoxy groups -OCH3 is 1. The number of H-pyrrole nitrogens is 1. The van der Waals surface area contributed by atoms with Crippen molar-refractivity contribution in [1.82, 2.24) is 9.97 Å². The number of phenolic OH excluding ortho intramolecular Hbond substituents is 1. The molecule has 0 saturated carbocycles. The van der Waals surface area contributed by atoms with Crippen molar-refractivity contribution in [3.05, 3.63) is 30.7 Å². The van der Waals surface area contributed by atoms with E-state index in [1.165, 1.54) is 0 Å². The van der Waals surface area contributed by atoms with E-state index in [0.717, 1.165) is 5.69 Å². The number of nitrogens with zero attached hydrogens (tertiary/aromatic N) is 1. The average molecular weight is 190 g/mol. The molecule has 0 fully saturated rings. The second-order valence-corrected chi connectivity index (χ2v) is 2.85. The van der Waals surface area contributed by atoms with Crippen LogP contribution in [0.4, 0.5) is 0 Å². The minimum Gasteiger partial charge on any atom is -0.507 e. The van der Waals surface area contributed by atoms with E-state index in [0.29, 0.717) is 11.3 Å². The average Bonchev–Trinajstić information content (AvgIpc) is 2.70. The molecular weight excluding hydrogens is 180 g/mol. The lowest BCUT2D eigenvalue weighted by Crippen LogP contribution is -1.84.